The molecule has 0 fully saturated rings. The predicted octanol–water partition coefficient (Wildman–Crippen LogP) is 2.88. The first-order valence-electron chi connectivity index (χ1n) is 7.96. The topological polar surface area (TPSA) is 39.7 Å². The van der Waals surface area contributed by atoms with Gasteiger partial charge in [-0.15, -0.1) is 24.0 Å². The van der Waals surface area contributed by atoms with Gasteiger partial charge in [-0.3, -0.25) is 4.99 Å². The summed E-state index contributed by atoms with van der Waals surface area (Å²) < 4.78 is 13.1. The van der Waals surface area contributed by atoms with E-state index in [-0.39, 0.29) is 29.8 Å². The van der Waals surface area contributed by atoms with Gasteiger partial charge in [0, 0.05) is 32.7 Å². The molecule has 1 aromatic carbocycles. The van der Waals surface area contributed by atoms with Crippen molar-refractivity contribution in [1.29, 1.82) is 0 Å². The minimum Gasteiger partial charge on any atom is -0.356 e. The monoisotopic (exact) mass is 436 g/mol. The first kappa shape index (κ1) is 22.1. The summed E-state index contributed by atoms with van der Waals surface area (Å²) in [6, 6.07) is 7.29. The summed E-state index contributed by atoms with van der Waals surface area (Å²) in [7, 11) is 3.89. The number of nitrogens with zero attached hydrogens (tertiary/aromatic N) is 2. The largest absolute Gasteiger partial charge is 0.356 e. The second kappa shape index (κ2) is 12.5. The molecule has 6 heteroatoms. The normalized spacial score (nSPS) is 12.7. The van der Waals surface area contributed by atoms with Crippen LogP contribution in [-0.2, 0) is 6.42 Å². The van der Waals surface area contributed by atoms with Gasteiger partial charge in [0.25, 0.3) is 0 Å². The summed E-state index contributed by atoms with van der Waals surface area (Å²) in [4.78, 5) is 6.53. The fourth-order valence-corrected chi connectivity index (χ4v) is 2.12. The van der Waals surface area contributed by atoms with E-state index in [2.05, 4.69) is 41.4 Å². The van der Waals surface area contributed by atoms with E-state index in [0.29, 0.717) is 6.04 Å². The van der Waals surface area contributed by atoms with E-state index in [4.69, 9.17) is 0 Å². The molecule has 132 valence electrons. The third-order valence-electron chi connectivity index (χ3n) is 3.92. The van der Waals surface area contributed by atoms with Gasteiger partial charge in [0.2, 0.25) is 0 Å². The lowest BCUT2D eigenvalue weighted by atomic mass is 10.1. The van der Waals surface area contributed by atoms with Crippen molar-refractivity contribution in [3.05, 3.63) is 35.6 Å². The van der Waals surface area contributed by atoms with Gasteiger partial charge < -0.3 is 15.5 Å². The Morgan fingerprint density at radius 3 is 2.61 bits per heavy atom. The molecule has 0 spiro atoms. The molecule has 4 nitrogen and oxygen atoms in total. The second-order valence-electron chi connectivity index (χ2n) is 5.54. The first-order chi connectivity index (χ1) is 10.6. The van der Waals surface area contributed by atoms with Gasteiger partial charge in [0.15, 0.2) is 5.96 Å². The smallest absolute Gasteiger partial charge is 0.191 e. The van der Waals surface area contributed by atoms with E-state index in [1.807, 2.05) is 6.07 Å². The van der Waals surface area contributed by atoms with Gasteiger partial charge in [0.05, 0.1) is 0 Å². The Labute approximate surface area is 157 Å². The van der Waals surface area contributed by atoms with Crippen LogP contribution in [0.1, 0.15) is 25.8 Å². The van der Waals surface area contributed by atoms with Crippen LogP contribution >= 0.6 is 24.0 Å². The fourth-order valence-electron chi connectivity index (χ4n) is 2.12. The zero-order chi connectivity index (χ0) is 16.4. The van der Waals surface area contributed by atoms with Gasteiger partial charge in [-0.05, 0) is 44.5 Å². The van der Waals surface area contributed by atoms with Crippen LogP contribution in [0.2, 0.25) is 0 Å². The van der Waals surface area contributed by atoms with Gasteiger partial charge in [-0.2, -0.15) is 0 Å². The zero-order valence-electron chi connectivity index (χ0n) is 14.6. The van der Waals surface area contributed by atoms with Crippen molar-refractivity contribution in [2.75, 3.05) is 33.7 Å². The van der Waals surface area contributed by atoms with Crippen molar-refractivity contribution in [3.8, 4) is 0 Å². The quantitative estimate of drug-likeness (QED) is 0.374. The molecule has 0 amide bonds. The van der Waals surface area contributed by atoms with Gasteiger partial charge in [-0.1, -0.05) is 19.1 Å². The van der Waals surface area contributed by atoms with Crippen LogP contribution in [0.15, 0.2) is 29.3 Å². The number of halogens is 2. The summed E-state index contributed by atoms with van der Waals surface area (Å²) in [6.07, 6.45) is 1.92. The Balaban J connectivity index is 0.00000484. The average Bonchev–Trinajstić information content (AvgIpc) is 2.52. The molecule has 0 aromatic heterocycles. The lowest BCUT2D eigenvalue weighted by Gasteiger charge is -2.24. The van der Waals surface area contributed by atoms with Crippen molar-refractivity contribution in [2.45, 2.75) is 32.7 Å². The second-order valence-corrected chi connectivity index (χ2v) is 5.54. The summed E-state index contributed by atoms with van der Waals surface area (Å²) in [5, 5.41) is 6.55. The Kier molecular flexibility index (Phi) is 12.0. The molecule has 0 heterocycles. The summed E-state index contributed by atoms with van der Waals surface area (Å²) in [5.41, 5.74) is 0.986. The molecule has 0 aliphatic rings. The lowest BCUT2D eigenvalue weighted by molar-refractivity contribution is 0.255. The minimum atomic E-state index is -0.187. The van der Waals surface area contributed by atoms with E-state index >= 15 is 0 Å². The molecule has 1 atom stereocenters. The molecule has 0 saturated carbocycles. The number of rotatable bonds is 8. The van der Waals surface area contributed by atoms with E-state index in [1.165, 1.54) is 6.07 Å². The van der Waals surface area contributed by atoms with Gasteiger partial charge in [0.1, 0.15) is 5.82 Å². The molecule has 1 aromatic rings. The van der Waals surface area contributed by atoms with Crippen molar-refractivity contribution in [2.24, 2.45) is 4.99 Å². The van der Waals surface area contributed by atoms with E-state index < -0.39 is 0 Å². The number of likely N-dealkylation sites (N-methyl/N-ethyl adjacent to an activating group) is 1. The number of guanidine groups is 1. The van der Waals surface area contributed by atoms with E-state index in [0.717, 1.165) is 44.0 Å². The summed E-state index contributed by atoms with van der Waals surface area (Å²) in [6.45, 7) is 6.97. The Bertz CT molecular complexity index is 468. The highest BCUT2D eigenvalue weighted by molar-refractivity contribution is 14.0. The number of nitrogens with one attached hydrogen (secondary N) is 2. The number of hydrogen-bond acceptors (Lipinski definition) is 2. The first-order valence-corrected chi connectivity index (χ1v) is 7.96. The van der Waals surface area contributed by atoms with Crippen LogP contribution in [0.3, 0.4) is 0 Å². The summed E-state index contributed by atoms with van der Waals surface area (Å²) in [5.74, 6) is 0.599. The molecule has 0 bridgehead atoms. The zero-order valence-corrected chi connectivity index (χ0v) is 16.9. The van der Waals surface area contributed by atoms with Crippen molar-refractivity contribution >= 4 is 29.9 Å². The minimum absolute atomic E-state index is 0. The highest BCUT2D eigenvalue weighted by Gasteiger charge is 2.06. The maximum Gasteiger partial charge on any atom is 0.191 e. The third kappa shape index (κ3) is 9.10. The van der Waals surface area contributed by atoms with Crippen LogP contribution in [0.4, 0.5) is 4.39 Å². The molecule has 0 radical (unpaired) electrons. The number of hydrogen-bond donors (Lipinski definition) is 2. The van der Waals surface area contributed by atoms with E-state index in [1.54, 1.807) is 19.2 Å². The molecule has 1 rings (SSSR count). The molecule has 0 saturated heterocycles. The maximum absolute atomic E-state index is 13.1. The third-order valence-corrected chi connectivity index (χ3v) is 3.92. The number of benzene rings is 1. The highest BCUT2D eigenvalue weighted by atomic mass is 127. The fraction of sp³-hybridized carbons (Fsp3) is 0.588. The maximum atomic E-state index is 13.1. The van der Waals surface area contributed by atoms with Crippen molar-refractivity contribution in [3.63, 3.8) is 0 Å². The summed E-state index contributed by atoms with van der Waals surface area (Å²) >= 11 is 0. The molecule has 23 heavy (non-hydrogen) atoms. The molecule has 0 aliphatic heterocycles. The van der Waals surface area contributed by atoms with Crippen LogP contribution < -0.4 is 10.6 Å². The van der Waals surface area contributed by atoms with Crippen molar-refractivity contribution in [1.82, 2.24) is 15.5 Å². The van der Waals surface area contributed by atoms with Crippen LogP contribution in [0, 0.1) is 5.82 Å². The predicted molar refractivity (Wildman–Crippen MR) is 107 cm³/mol. The van der Waals surface area contributed by atoms with Crippen LogP contribution in [0.25, 0.3) is 0 Å². The lowest BCUT2D eigenvalue weighted by Crippen LogP contribution is -2.42. The van der Waals surface area contributed by atoms with Gasteiger partial charge in [-0.25, -0.2) is 4.39 Å². The van der Waals surface area contributed by atoms with Crippen LogP contribution in [-0.4, -0.2) is 50.6 Å². The Morgan fingerprint density at radius 2 is 2.00 bits per heavy atom. The van der Waals surface area contributed by atoms with Gasteiger partial charge >= 0.3 is 0 Å². The SMILES string of the molecule is CCC(C)N(C)CCNC(=NC)NCCc1cccc(F)c1.I. The van der Waals surface area contributed by atoms with E-state index in [9.17, 15) is 4.39 Å². The molecular formula is C17H30FIN4. The molecule has 0 aliphatic carbocycles. The Morgan fingerprint density at radius 1 is 1.30 bits per heavy atom. The standard InChI is InChI=1S/C17H29FN4.HI/c1-5-14(2)22(4)12-11-21-17(19-3)20-10-9-15-7-6-8-16(18)13-15;/h6-8,13-14H,5,9-12H2,1-4H3,(H2,19,20,21);1H. The molecule has 2 N–H and O–H groups in total. The average molecular weight is 436 g/mol. The number of aliphatic imine (C=N–C) groups is 1. The Hall–Kier alpha value is -0.890. The van der Waals surface area contributed by atoms with Crippen LogP contribution in [0.5, 0.6) is 0 Å². The highest BCUT2D eigenvalue weighted by Crippen LogP contribution is 2.03. The van der Waals surface area contributed by atoms with Crippen molar-refractivity contribution < 1.29 is 4.39 Å². The molecular weight excluding hydrogens is 406 g/mol. The molecule has 1 unspecified atom stereocenters.